The Kier molecular flexibility index (Phi) is 13.8. The van der Waals surface area contributed by atoms with Gasteiger partial charge in [-0.3, -0.25) is 19.6 Å². The molecule has 0 saturated carbocycles. The molecule has 0 bridgehead atoms. The maximum atomic E-state index is 14.9. The van der Waals surface area contributed by atoms with Gasteiger partial charge >= 0.3 is 12.0 Å². The number of benzene rings is 4. The topological polar surface area (TPSA) is 211 Å². The van der Waals surface area contributed by atoms with Crippen molar-refractivity contribution in [2.45, 2.75) is 25.2 Å². The van der Waals surface area contributed by atoms with Crippen LogP contribution in [-0.2, 0) is 31.9 Å². The van der Waals surface area contributed by atoms with Crippen LogP contribution >= 0.6 is 0 Å². The molecule has 8 heterocycles. The number of carbonyl (C=O) groups excluding carboxylic acids is 2. The SMILES string of the molecule is O=C1Cc2ccccc2C(c2ccccc2)=NC1Nc1nnc(-c2ccc(F)nc2N2CCOCC2)o1.O=C1Cc2ccccc2C(c2ccccc2)=NC1Nc1nnc(-c2ccc(N3CCOCC3)nc2F)o1. The molecule has 74 heavy (non-hydrogen) atoms. The molecule has 2 atom stereocenters. The van der Waals surface area contributed by atoms with E-state index in [4.69, 9.17) is 28.3 Å². The number of Topliss-reactive ketones (excluding diaryl/α,β-unsaturated/α-hetero) is 2. The molecule has 0 radical (unpaired) electrons. The first-order valence-corrected chi connectivity index (χ1v) is 24.0. The minimum absolute atomic E-state index is 0.0349. The van der Waals surface area contributed by atoms with Gasteiger partial charge in [0, 0.05) is 61.3 Å². The number of aliphatic imine (C=N–C) groups is 2. The summed E-state index contributed by atoms with van der Waals surface area (Å²) in [4.78, 5) is 47.9. The molecular formula is C54H46F2N12O6. The molecule has 2 saturated heterocycles. The number of carbonyl (C=O) groups is 2. The zero-order valence-corrected chi connectivity index (χ0v) is 39.6. The maximum absolute atomic E-state index is 14.9. The molecule has 0 amide bonds. The van der Waals surface area contributed by atoms with Crippen molar-refractivity contribution in [3.8, 4) is 22.9 Å². The molecule has 20 heteroatoms. The van der Waals surface area contributed by atoms with Crippen LogP contribution < -0.4 is 20.4 Å². The van der Waals surface area contributed by atoms with Crippen molar-refractivity contribution in [2.75, 3.05) is 73.0 Å². The molecule has 12 rings (SSSR count). The second-order valence-corrected chi connectivity index (χ2v) is 17.4. The number of nitrogens with zero attached hydrogens (tertiary/aromatic N) is 10. The number of anilines is 4. The van der Waals surface area contributed by atoms with E-state index >= 15 is 0 Å². The van der Waals surface area contributed by atoms with Crippen molar-refractivity contribution in [3.63, 3.8) is 0 Å². The molecule has 8 aromatic rings. The normalized spacial score (nSPS) is 17.6. The van der Waals surface area contributed by atoms with Crippen LogP contribution in [-0.4, -0.2) is 118 Å². The van der Waals surface area contributed by atoms with Gasteiger partial charge in [0.2, 0.25) is 11.9 Å². The molecule has 2 N–H and O–H groups in total. The van der Waals surface area contributed by atoms with E-state index < -0.39 is 24.2 Å². The number of fused-ring (bicyclic) bond motifs is 2. The number of pyridine rings is 2. The van der Waals surface area contributed by atoms with Crippen molar-refractivity contribution in [3.05, 3.63) is 179 Å². The molecule has 2 unspecified atom stereocenters. The van der Waals surface area contributed by atoms with Crippen molar-refractivity contribution < 1.29 is 36.7 Å². The van der Waals surface area contributed by atoms with Crippen LogP contribution in [0.15, 0.2) is 152 Å². The minimum atomic E-state index is -0.956. The second-order valence-electron chi connectivity index (χ2n) is 17.4. The van der Waals surface area contributed by atoms with E-state index in [2.05, 4.69) is 41.0 Å². The molecular weight excluding hydrogens is 951 g/mol. The number of aromatic nitrogens is 6. The summed E-state index contributed by atoms with van der Waals surface area (Å²) in [6.45, 7) is 4.60. The van der Waals surface area contributed by atoms with E-state index in [0.29, 0.717) is 81.2 Å². The molecule has 372 valence electrons. The average Bonchev–Trinajstić information content (AvgIpc) is 4.06. The van der Waals surface area contributed by atoms with Crippen LogP contribution in [0.3, 0.4) is 0 Å². The number of hydrogen-bond acceptors (Lipinski definition) is 18. The molecule has 2 fully saturated rings. The van der Waals surface area contributed by atoms with E-state index in [-0.39, 0.29) is 53.8 Å². The molecule has 4 aliphatic heterocycles. The van der Waals surface area contributed by atoms with Crippen molar-refractivity contribution >= 4 is 46.7 Å². The Morgan fingerprint density at radius 1 is 0.486 bits per heavy atom. The number of hydrogen-bond donors (Lipinski definition) is 2. The fraction of sp³-hybridized carbons (Fsp3) is 0.222. The standard InChI is InChI=1S/2C27H23FN6O3/c28-22-11-10-20(25(29-22)34-12-14-36-15-13-34)26-32-33-27(37-26)31-24-21(35)16-18-8-4-5-9-19(18)23(30-24)17-6-2-1-3-7-17;28-24-20(10-11-22(29-24)34-12-14-36-15-13-34)26-32-33-27(37-26)31-25-21(35)16-18-8-4-5-9-19(18)23(30-25)17-6-2-1-3-7-17/h1-11,24H,12-16H2,(H,31,33);1-11,25H,12-16H2,(H,31,33). The Bertz CT molecular complexity index is 3380. The van der Waals surface area contributed by atoms with Crippen molar-refractivity contribution in [1.82, 2.24) is 30.4 Å². The number of ether oxygens (including phenoxy) is 2. The number of ketones is 2. The zero-order valence-electron chi connectivity index (χ0n) is 39.6. The lowest BCUT2D eigenvalue weighted by molar-refractivity contribution is -0.119. The summed E-state index contributed by atoms with van der Waals surface area (Å²) in [5.74, 6) is -0.557. The monoisotopic (exact) mass is 996 g/mol. The van der Waals surface area contributed by atoms with Crippen LogP contribution in [0.25, 0.3) is 22.9 Å². The lowest BCUT2D eigenvalue weighted by atomic mass is 9.96. The Balaban J connectivity index is 0.000000159. The van der Waals surface area contributed by atoms with Gasteiger partial charge in [0.1, 0.15) is 11.6 Å². The highest BCUT2D eigenvalue weighted by molar-refractivity contribution is 6.17. The van der Waals surface area contributed by atoms with Gasteiger partial charge in [-0.1, -0.05) is 119 Å². The van der Waals surface area contributed by atoms with Gasteiger partial charge in [0.25, 0.3) is 11.8 Å². The van der Waals surface area contributed by atoms with Crippen LogP contribution in [0.4, 0.5) is 32.4 Å². The molecule has 0 spiro atoms. The van der Waals surface area contributed by atoms with Crippen LogP contribution in [0.2, 0.25) is 0 Å². The average molecular weight is 997 g/mol. The van der Waals surface area contributed by atoms with Crippen molar-refractivity contribution in [2.24, 2.45) is 9.98 Å². The summed E-state index contributed by atoms with van der Waals surface area (Å²) in [6, 6.07) is 40.9. The van der Waals surface area contributed by atoms with E-state index in [0.717, 1.165) is 33.4 Å². The third-order valence-electron chi connectivity index (χ3n) is 12.6. The third kappa shape index (κ3) is 10.4. The second kappa shape index (κ2) is 21.5. The molecule has 4 aliphatic rings. The first kappa shape index (κ1) is 47.4. The van der Waals surface area contributed by atoms with Crippen LogP contribution in [0, 0.1) is 11.9 Å². The Hall–Kier alpha value is -8.88. The molecule has 0 aliphatic carbocycles. The Morgan fingerprint density at radius 2 is 0.959 bits per heavy atom. The Morgan fingerprint density at radius 3 is 1.49 bits per heavy atom. The first-order chi connectivity index (χ1) is 36.3. The van der Waals surface area contributed by atoms with Gasteiger partial charge in [-0.15, -0.1) is 10.2 Å². The van der Waals surface area contributed by atoms with Crippen LogP contribution in [0.5, 0.6) is 0 Å². The van der Waals surface area contributed by atoms with Gasteiger partial charge in [-0.25, -0.2) is 9.97 Å². The number of halogens is 2. The summed E-state index contributed by atoms with van der Waals surface area (Å²) in [6.07, 6.45) is -1.49. The molecule has 4 aromatic heterocycles. The molecule has 18 nitrogen and oxygen atoms in total. The summed E-state index contributed by atoms with van der Waals surface area (Å²) in [7, 11) is 0. The minimum Gasteiger partial charge on any atom is -0.403 e. The smallest absolute Gasteiger partial charge is 0.317 e. The quantitative estimate of drug-likeness (QED) is 0.132. The van der Waals surface area contributed by atoms with E-state index in [1.54, 1.807) is 18.2 Å². The van der Waals surface area contributed by atoms with Gasteiger partial charge in [0.15, 0.2) is 23.9 Å². The fourth-order valence-corrected chi connectivity index (χ4v) is 8.97. The first-order valence-electron chi connectivity index (χ1n) is 24.0. The van der Waals surface area contributed by atoms with Gasteiger partial charge < -0.3 is 38.7 Å². The molecule has 4 aromatic carbocycles. The highest BCUT2D eigenvalue weighted by Crippen LogP contribution is 2.32. The van der Waals surface area contributed by atoms with Crippen molar-refractivity contribution in [1.29, 1.82) is 0 Å². The highest BCUT2D eigenvalue weighted by Gasteiger charge is 2.30. The predicted molar refractivity (Wildman–Crippen MR) is 270 cm³/mol. The number of rotatable bonds is 10. The number of morpholine rings is 2. The fourth-order valence-electron chi connectivity index (χ4n) is 8.97. The van der Waals surface area contributed by atoms with Gasteiger partial charge in [-0.05, 0) is 35.4 Å². The van der Waals surface area contributed by atoms with Gasteiger partial charge in [-0.2, -0.15) is 8.78 Å². The summed E-state index contributed by atoms with van der Waals surface area (Å²) >= 11 is 0. The summed E-state index contributed by atoms with van der Waals surface area (Å²) in [5, 5.41) is 22.1. The summed E-state index contributed by atoms with van der Waals surface area (Å²) in [5.41, 5.74) is 7.34. The number of nitrogens with one attached hydrogen (secondary N) is 2. The summed E-state index contributed by atoms with van der Waals surface area (Å²) < 4.78 is 51.2. The third-order valence-corrected chi connectivity index (χ3v) is 12.6. The Labute approximate surface area is 422 Å². The zero-order chi connectivity index (χ0) is 50.4. The maximum Gasteiger partial charge on any atom is 0.317 e. The highest BCUT2D eigenvalue weighted by atomic mass is 19.1. The van der Waals surface area contributed by atoms with E-state index in [1.807, 2.05) is 119 Å². The lowest BCUT2D eigenvalue weighted by Crippen LogP contribution is -2.37. The largest absolute Gasteiger partial charge is 0.403 e. The lowest BCUT2D eigenvalue weighted by Gasteiger charge is -2.28. The predicted octanol–water partition coefficient (Wildman–Crippen LogP) is 7.02. The van der Waals surface area contributed by atoms with E-state index in [1.165, 1.54) is 6.07 Å². The van der Waals surface area contributed by atoms with Crippen LogP contribution in [0.1, 0.15) is 33.4 Å². The van der Waals surface area contributed by atoms with Gasteiger partial charge in [0.05, 0.1) is 49.0 Å². The van der Waals surface area contributed by atoms with E-state index in [9.17, 15) is 18.4 Å².